The normalized spacial score (nSPS) is 14.9. The van der Waals surface area contributed by atoms with Gasteiger partial charge in [0.05, 0.1) is 6.54 Å². The van der Waals surface area contributed by atoms with Crippen molar-refractivity contribution in [3.05, 3.63) is 35.4 Å². The van der Waals surface area contributed by atoms with Gasteiger partial charge in [-0.05, 0) is 43.0 Å². The maximum Gasteiger partial charge on any atom is 0.0555 e. The van der Waals surface area contributed by atoms with Gasteiger partial charge < -0.3 is 5.73 Å². The van der Waals surface area contributed by atoms with Gasteiger partial charge in [-0.25, -0.2) is 0 Å². The second kappa shape index (κ2) is 7.33. The fraction of sp³-hybridized carbons (Fsp3) is 0.529. The summed E-state index contributed by atoms with van der Waals surface area (Å²) in [5.74, 6) is 6.88. The Hall–Kier alpha value is -1.30. The van der Waals surface area contributed by atoms with Crippen molar-refractivity contribution in [3.63, 3.8) is 0 Å². The van der Waals surface area contributed by atoms with Gasteiger partial charge in [-0.15, -0.1) is 0 Å². The zero-order valence-electron chi connectivity index (χ0n) is 11.9. The van der Waals surface area contributed by atoms with E-state index < -0.39 is 0 Å². The summed E-state index contributed by atoms with van der Waals surface area (Å²) < 4.78 is 0. The third-order valence-corrected chi connectivity index (χ3v) is 3.88. The first-order valence-electron chi connectivity index (χ1n) is 7.32. The molecule has 1 aromatic carbocycles. The van der Waals surface area contributed by atoms with Gasteiger partial charge in [-0.1, -0.05) is 37.3 Å². The highest BCUT2D eigenvalue weighted by molar-refractivity contribution is 5.36. The Kier molecular flexibility index (Phi) is 5.44. The smallest absolute Gasteiger partial charge is 0.0555 e. The molecular weight excluding hydrogens is 232 g/mol. The van der Waals surface area contributed by atoms with Crippen molar-refractivity contribution in [1.82, 2.24) is 4.90 Å². The minimum absolute atomic E-state index is 0.423. The monoisotopic (exact) mass is 256 g/mol. The van der Waals surface area contributed by atoms with E-state index in [4.69, 9.17) is 5.73 Å². The van der Waals surface area contributed by atoms with Crippen LogP contribution in [0.15, 0.2) is 24.3 Å². The summed E-state index contributed by atoms with van der Waals surface area (Å²) in [7, 11) is 0. The lowest BCUT2D eigenvalue weighted by Crippen LogP contribution is -2.32. The summed E-state index contributed by atoms with van der Waals surface area (Å²) in [6, 6.07) is 8.55. The van der Waals surface area contributed by atoms with Gasteiger partial charge in [0.15, 0.2) is 0 Å². The molecule has 0 amide bonds. The largest absolute Gasteiger partial charge is 0.320 e. The first-order chi connectivity index (χ1) is 9.31. The van der Waals surface area contributed by atoms with Crippen LogP contribution in [0.4, 0.5) is 0 Å². The Morgan fingerprint density at radius 3 is 2.53 bits per heavy atom. The van der Waals surface area contributed by atoms with Gasteiger partial charge in [0.2, 0.25) is 0 Å². The predicted molar refractivity (Wildman–Crippen MR) is 80.7 cm³/mol. The lowest BCUT2D eigenvalue weighted by Gasteiger charge is -2.31. The topological polar surface area (TPSA) is 29.3 Å². The number of nitrogens with zero attached hydrogens (tertiary/aromatic N) is 1. The van der Waals surface area contributed by atoms with E-state index in [-0.39, 0.29) is 0 Å². The van der Waals surface area contributed by atoms with Gasteiger partial charge in [-0.3, -0.25) is 4.90 Å². The molecule has 0 saturated heterocycles. The van der Waals surface area contributed by atoms with Gasteiger partial charge in [0.25, 0.3) is 0 Å². The van der Waals surface area contributed by atoms with Crippen LogP contribution in [0.1, 0.15) is 37.3 Å². The van der Waals surface area contributed by atoms with E-state index >= 15 is 0 Å². The van der Waals surface area contributed by atoms with Crippen LogP contribution in [-0.2, 0) is 6.54 Å². The van der Waals surface area contributed by atoms with E-state index in [1.54, 1.807) is 0 Å². The molecule has 2 rings (SSSR count). The number of rotatable bonds is 5. The quantitative estimate of drug-likeness (QED) is 0.821. The van der Waals surface area contributed by atoms with Gasteiger partial charge >= 0.3 is 0 Å². The summed E-state index contributed by atoms with van der Waals surface area (Å²) >= 11 is 0. The highest BCUT2D eigenvalue weighted by Gasteiger charge is 2.19. The van der Waals surface area contributed by atoms with Crippen LogP contribution in [-0.4, -0.2) is 24.5 Å². The van der Waals surface area contributed by atoms with Crippen LogP contribution in [0.5, 0.6) is 0 Å². The van der Waals surface area contributed by atoms with Crippen molar-refractivity contribution in [2.24, 2.45) is 11.7 Å². The third-order valence-electron chi connectivity index (χ3n) is 3.88. The van der Waals surface area contributed by atoms with Crippen molar-refractivity contribution in [2.75, 3.05) is 19.6 Å². The van der Waals surface area contributed by atoms with E-state index in [0.29, 0.717) is 6.54 Å². The molecule has 1 saturated carbocycles. The average molecular weight is 256 g/mol. The standard InChI is InChI=1S/C17H24N2/c1-2-19(13-16-5-3-6-16)14-17-10-8-15(9-11-17)7-4-12-18/h8-11,16H,2-3,5-6,12-14,18H2,1H3. The minimum Gasteiger partial charge on any atom is -0.320 e. The van der Waals surface area contributed by atoms with Crippen LogP contribution >= 0.6 is 0 Å². The number of benzene rings is 1. The Bertz CT molecular complexity index is 435. The zero-order valence-corrected chi connectivity index (χ0v) is 11.9. The molecule has 2 nitrogen and oxygen atoms in total. The zero-order chi connectivity index (χ0) is 13.5. The first kappa shape index (κ1) is 14.1. The molecule has 1 fully saturated rings. The summed E-state index contributed by atoms with van der Waals surface area (Å²) in [6.45, 7) is 6.11. The number of hydrogen-bond donors (Lipinski definition) is 1. The lowest BCUT2D eigenvalue weighted by atomic mass is 9.85. The van der Waals surface area contributed by atoms with Crippen LogP contribution in [0.25, 0.3) is 0 Å². The lowest BCUT2D eigenvalue weighted by molar-refractivity contribution is 0.178. The molecule has 1 aromatic rings. The Morgan fingerprint density at radius 2 is 2.00 bits per heavy atom. The third kappa shape index (κ3) is 4.38. The highest BCUT2D eigenvalue weighted by Crippen LogP contribution is 2.27. The molecule has 2 N–H and O–H groups in total. The summed E-state index contributed by atoms with van der Waals surface area (Å²) in [5.41, 5.74) is 7.80. The maximum atomic E-state index is 5.37. The molecule has 0 heterocycles. The maximum absolute atomic E-state index is 5.37. The van der Waals surface area contributed by atoms with Crippen LogP contribution < -0.4 is 5.73 Å². The van der Waals surface area contributed by atoms with Crippen LogP contribution in [0.2, 0.25) is 0 Å². The molecule has 0 aliphatic heterocycles. The minimum atomic E-state index is 0.423. The fourth-order valence-electron chi connectivity index (χ4n) is 2.45. The molecule has 0 atom stereocenters. The first-order valence-corrected chi connectivity index (χ1v) is 7.32. The summed E-state index contributed by atoms with van der Waals surface area (Å²) in [6.07, 6.45) is 4.27. The molecule has 0 radical (unpaired) electrons. The molecule has 0 spiro atoms. The van der Waals surface area contributed by atoms with E-state index in [0.717, 1.165) is 24.6 Å². The Morgan fingerprint density at radius 1 is 1.26 bits per heavy atom. The van der Waals surface area contributed by atoms with E-state index in [2.05, 4.69) is 47.9 Å². The molecule has 1 aliphatic rings. The van der Waals surface area contributed by atoms with Gasteiger partial charge in [0.1, 0.15) is 0 Å². The Labute approximate surface area is 117 Å². The molecule has 2 heteroatoms. The van der Waals surface area contributed by atoms with Crippen molar-refractivity contribution >= 4 is 0 Å². The van der Waals surface area contributed by atoms with E-state index in [1.165, 1.54) is 31.4 Å². The second-order valence-corrected chi connectivity index (χ2v) is 5.33. The molecule has 102 valence electrons. The predicted octanol–water partition coefficient (Wildman–Crippen LogP) is 2.62. The average Bonchev–Trinajstić information content (AvgIpc) is 2.40. The van der Waals surface area contributed by atoms with E-state index in [9.17, 15) is 0 Å². The van der Waals surface area contributed by atoms with Crippen molar-refractivity contribution < 1.29 is 0 Å². The number of nitrogens with two attached hydrogens (primary N) is 1. The van der Waals surface area contributed by atoms with Gasteiger partial charge in [-0.2, -0.15) is 0 Å². The molecule has 1 aliphatic carbocycles. The van der Waals surface area contributed by atoms with Crippen molar-refractivity contribution in [2.45, 2.75) is 32.7 Å². The Balaban J connectivity index is 1.89. The SMILES string of the molecule is CCN(Cc1ccc(C#CCN)cc1)CC1CCC1. The summed E-state index contributed by atoms with van der Waals surface area (Å²) in [4.78, 5) is 2.55. The number of hydrogen-bond acceptors (Lipinski definition) is 2. The fourth-order valence-corrected chi connectivity index (χ4v) is 2.45. The van der Waals surface area contributed by atoms with Gasteiger partial charge in [0, 0.05) is 18.7 Å². The van der Waals surface area contributed by atoms with Crippen molar-refractivity contribution in [3.8, 4) is 11.8 Å². The highest BCUT2D eigenvalue weighted by atomic mass is 15.1. The summed E-state index contributed by atoms with van der Waals surface area (Å²) in [5, 5.41) is 0. The molecule has 0 bridgehead atoms. The molecular formula is C17H24N2. The van der Waals surface area contributed by atoms with Crippen molar-refractivity contribution in [1.29, 1.82) is 0 Å². The van der Waals surface area contributed by atoms with Crippen LogP contribution in [0.3, 0.4) is 0 Å². The second-order valence-electron chi connectivity index (χ2n) is 5.33. The molecule has 19 heavy (non-hydrogen) atoms. The van der Waals surface area contributed by atoms with E-state index in [1.807, 2.05) is 0 Å². The molecule has 0 aromatic heterocycles. The molecule has 0 unspecified atom stereocenters. The van der Waals surface area contributed by atoms with Crippen LogP contribution in [0, 0.1) is 17.8 Å².